The van der Waals surface area contributed by atoms with Crippen molar-refractivity contribution < 1.29 is 24.4 Å². The second-order valence-electron chi connectivity index (χ2n) is 4.28. The molecular formula is C14H24N2O5. The second-order valence-corrected chi connectivity index (χ2v) is 4.28. The molecule has 0 saturated carbocycles. The third-order valence-electron chi connectivity index (χ3n) is 2.59. The molecule has 1 rings (SSSR count). The quantitative estimate of drug-likeness (QED) is 0.456. The van der Waals surface area contributed by atoms with Crippen LogP contribution in [-0.4, -0.2) is 61.8 Å². The zero-order valence-electron chi connectivity index (χ0n) is 12.4. The molecule has 0 aliphatic rings. The molecule has 0 aliphatic carbocycles. The van der Waals surface area contributed by atoms with Crippen LogP contribution in [0.25, 0.3) is 0 Å². The highest BCUT2D eigenvalue weighted by Crippen LogP contribution is 2.14. The fraction of sp³-hybridized carbons (Fsp3) is 0.643. The summed E-state index contributed by atoms with van der Waals surface area (Å²) in [5, 5.41) is 21.1. The first-order valence-electron chi connectivity index (χ1n) is 6.94. The number of ether oxygens (including phenoxy) is 3. The van der Waals surface area contributed by atoms with Gasteiger partial charge in [0, 0.05) is 18.7 Å². The summed E-state index contributed by atoms with van der Waals surface area (Å²) in [5.41, 5.74) is 0.936. The third kappa shape index (κ3) is 7.93. The topological polar surface area (TPSA) is 93.1 Å². The highest BCUT2D eigenvalue weighted by molar-refractivity contribution is 5.26. The van der Waals surface area contributed by atoms with Gasteiger partial charge >= 0.3 is 0 Å². The van der Waals surface area contributed by atoms with Crippen LogP contribution in [0.4, 0.5) is 0 Å². The average molecular weight is 300 g/mol. The number of pyridine rings is 1. The van der Waals surface area contributed by atoms with Gasteiger partial charge in [-0.25, -0.2) is 0 Å². The van der Waals surface area contributed by atoms with E-state index in [0.29, 0.717) is 50.2 Å². The molecule has 0 aliphatic heterocycles. The summed E-state index contributed by atoms with van der Waals surface area (Å²) in [6.07, 6.45) is 0. The first-order chi connectivity index (χ1) is 10.3. The van der Waals surface area contributed by atoms with E-state index in [1.165, 1.54) is 0 Å². The van der Waals surface area contributed by atoms with Crippen molar-refractivity contribution in [3.05, 3.63) is 23.5 Å². The molecule has 1 aromatic rings. The van der Waals surface area contributed by atoms with Crippen molar-refractivity contribution >= 4 is 0 Å². The van der Waals surface area contributed by atoms with Gasteiger partial charge in [0.1, 0.15) is 12.4 Å². The number of aliphatic hydroxyl groups excluding tert-OH is 2. The molecule has 1 heterocycles. The van der Waals surface area contributed by atoms with E-state index in [9.17, 15) is 0 Å². The smallest absolute Gasteiger partial charge is 0.123 e. The molecule has 120 valence electrons. The summed E-state index contributed by atoms with van der Waals surface area (Å²) in [7, 11) is 1.88. The van der Waals surface area contributed by atoms with Crippen molar-refractivity contribution in [2.75, 3.05) is 46.6 Å². The molecule has 0 bridgehead atoms. The van der Waals surface area contributed by atoms with E-state index in [4.69, 9.17) is 24.4 Å². The highest BCUT2D eigenvalue weighted by atomic mass is 16.5. The predicted octanol–water partition coefficient (Wildman–Crippen LogP) is -0.302. The van der Waals surface area contributed by atoms with Crippen LogP contribution in [0, 0.1) is 0 Å². The number of aromatic nitrogens is 1. The van der Waals surface area contributed by atoms with Crippen LogP contribution in [0.3, 0.4) is 0 Å². The molecule has 0 amide bonds. The molecule has 0 aromatic carbocycles. The number of aliphatic hydroxyl groups is 2. The van der Waals surface area contributed by atoms with Crippen molar-refractivity contribution in [1.29, 1.82) is 0 Å². The number of hydrogen-bond acceptors (Lipinski definition) is 7. The summed E-state index contributed by atoms with van der Waals surface area (Å²) in [6, 6.07) is 3.28. The van der Waals surface area contributed by atoms with Crippen LogP contribution < -0.4 is 10.1 Å². The molecule has 21 heavy (non-hydrogen) atoms. The number of nitrogens with one attached hydrogen (secondary N) is 1. The highest BCUT2D eigenvalue weighted by Gasteiger charge is 2.02. The monoisotopic (exact) mass is 300 g/mol. The second kappa shape index (κ2) is 11.4. The Bertz CT molecular complexity index is 367. The summed E-state index contributed by atoms with van der Waals surface area (Å²) in [4.78, 5) is 4.03. The molecule has 0 fully saturated rings. The van der Waals surface area contributed by atoms with Gasteiger partial charge in [0.05, 0.1) is 51.0 Å². The standard InChI is InChI=1S/C14H24N2O5/c1-15-2-3-19-4-5-20-6-7-21-14-8-12(10-17)16-13(9-14)11-18/h8-9,15,17-18H,2-7,10-11H2,1H3. The first-order valence-corrected chi connectivity index (χ1v) is 6.94. The Hall–Kier alpha value is -1.25. The molecule has 0 spiro atoms. The predicted molar refractivity (Wildman–Crippen MR) is 77.1 cm³/mol. The minimum atomic E-state index is -0.190. The van der Waals surface area contributed by atoms with Crippen molar-refractivity contribution in [2.24, 2.45) is 0 Å². The number of rotatable bonds is 12. The van der Waals surface area contributed by atoms with Gasteiger partial charge in [0.2, 0.25) is 0 Å². The van der Waals surface area contributed by atoms with E-state index in [1.807, 2.05) is 7.05 Å². The normalized spacial score (nSPS) is 10.8. The summed E-state index contributed by atoms with van der Waals surface area (Å²) >= 11 is 0. The molecular weight excluding hydrogens is 276 g/mol. The van der Waals surface area contributed by atoms with E-state index in [0.717, 1.165) is 6.54 Å². The Morgan fingerprint density at radius 2 is 1.52 bits per heavy atom. The van der Waals surface area contributed by atoms with Crippen molar-refractivity contribution in [1.82, 2.24) is 10.3 Å². The maximum atomic E-state index is 9.07. The SMILES string of the molecule is CNCCOCCOCCOc1cc(CO)nc(CO)c1. The lowest BCUT2D eigenvalue weighted by Crippen LogP contribution is -2.17. The van der Waals surface area contributed by atoms with Gasteiger partial charge < -0.3 is 29.7 Å². The van der Waals surface area contributed by atoms with Crippen LogP contribution in [0.1, 0.15) is 11.4 Å². The summed E-state index contributed by atoms with van der Waals surface area (Å²) < 4.78 is 16.2. The van der Waals surface area contributed by atoms with Gasteiger partial charge in [-0.15, -0.1) is 0 Å². The van der Waals surface area contributed by atoms with E-state index in [1.54, 1.807) is 12.1 Å². The molecule has 7 heteroatoms. The Labute approximate surface area is 124 Å². The van der Waals surface area contributed by atoms with Crippen LogP contribution in [0.15, 0.2) is 12.1 Å². The third-order valence-corrected chi connectivity index (χ3v) is 2.59. The van der Waals surface area contributed by atoms with Gasteiger partial charge in [-0.3, -0.25) is 4.98 Å². The van der Waals surface area contributed by atoms with Crippen LogP contribution in [0.2, 0.25) is 0 Å². The summed E-state index contributed by atoms with van der Waals surface area (Å²) in [5.74, 6) is 0.562. The largest absolute Gasteiger partial charge is 0.491 e. The maximum absolute atomic E-state index is 9.07. The molecule has 0 radical (unpaired) electrons. The Balaban J connectivity index is 2.15. The Morgan fingerprint density at radius 3 is 2.10 bits per heavy atom. The van der Waals surface area contributed by atoms with E-state index in [-0.39, 0.29) is 13.2 Å². The molecule has 0 saturated heterocycles. The first kappa shape index (κ1) is 17.8. The van der Waals surface area contributed by atoms with Gasteiger partial charge in [0.25, 0.3) is 0 Å². The van der Waals surface area contributed by atoms with Crippen molar-refractivity contribution in [3.63, 3.8) is 0 Å². The van der Waals surface area contributed by atoms with Gasteiger partial charge in [-0.2, -0.15) is 0 Å². The van der Waals surface area contributed by atoms with E-state index >= 15 is 0 Å². The lowest BCUT2D eigenvalue weighted by Gasteiger charge is -2.09. The van der Waals surface area contributed by atoms with E-state index in [2.05, 4.69) is 10.3 Å². The maximum Gasteiger partial charge on any atom is 0.123 e. The molecule has 7 nitrogen and oxygen atoms in total. The zero-order valence-corrected chi connectivity index (χ0v) is 12.4. The summed E-state index contributed by atoms with van der Waals surface area (Å²) in [6.45, 7) is 3.02. The Morgan fingerprint density at radius 1 is 0.952 bits per heavy atom. The number of nitrogens with zero attached hydrogens (tertiary/aromatic N) is 1. The molecule has 0 atom stereocenters. The molecule has 3 N–H and O–H groups in total. The van der Waals surface area contributed by atoms with Gasteiger partial charge in [-0.05, 0) is 7.05 Å². The fourth-order valence-electron chi connectivity index (χ4n) is 1.58. The molecule has 0 unspecified atom stereocenters. The van der Waals surface area contributed by atoms with Gasteiger partial charge in [0.15, 0.2) is 0 Å². The van der Waals surface area contributed by atoms with Gasteiger partial charge in [-0.1, -0.05) is 0 Å². The Kier molecular flexibility index (Phi) is 9.68. The number of likely N-dealkylation sites (N-methyl/N-ethyl adjacent to an activating group) is 1. The minimum absolute atomic E-state index is 0.190. The lowest BCUT2D eigenvalue weighted by molar-refractivity contribution is 0.0376. The van der Waals surface area contributed by atoms with Crippen LogP contribution in [0.5, 0.6) is 5.75 Å². The zero-order chi connectivity index (χ0) is 15.3. The van der Waals surface area contributed by atoms with Crippen molar-refractivity contribution in [3.8, 4) is 5.75 Å². The lowest BCUT2D eigenvalue weighted by atomic mass is 10.3. The van der Waals surface area contributed by atoms with Crippen molar-refractivity contribution in [2.45, 2.75) is 13.2 Å². The number of hydrogen-bond donors (Lipinski definition) is 3. The van der Waals surface area contributed by atoms with E-state index < -0.39 is 0 Å². The van der Waals surface area contributed by atoms with Crippen LogP contribution >= 0.6 is 0 Å². The fourth-order valence-corrected chi connectivity index (χ4v) is 1.58. The minimum Gasteiger partial charge on any atom is -0.491 e. The van der Waals surface area contributed by atoms with Crippen LogP contribution in [-0.2, 0) is 22.7 Å². The molecule has 1 aromatic heterocycles. The average Bonchev–Trinajstić information content (AvgIpc) is 2.52.